The summed E-state index contributed by atoms with van der Waals surface area (Å²) in [6.07, 6.45) is -4.70. The Kier molecular flexibility index (Phi) is 3.20. The van der Waals surface area contributed by atoms with Crippen LogP contribution in [0, 0.1) is 10.1 Å². The summed E-state index contributed by atoms with van der Waals surface area (Å²) in [7, 11) is -2.33. The molecule has 0 spiro atoms. The third-order valence-corrected chi connectivity index (χ3v) is 1.83. The number of nitrogens with zero attached hydrogens (tertiary/aromatic N) is 1. The van der Waals surface area contributed by atoms with Crippen LogP contribution in [0.3, 0.4) is 0 Å². The van der Waals surface area contributed by atoms with Gasteiger partial charge in [-0.3, -0.25) is 10.1 Å². The maximum Gasteiger partial charge on any atom is 0.495 e. The zero-order chi connectivity index (χ0) is 12.5. The first-order chi connectivity index (χ1) is 7.23. The van der Waals surface area contributed by atoms with Crippen LogP contribution in [0.1, 0.15) is 5.56 Å². The second kappa shape index (κ2) is 4.10. The third kappa shape index (κ3) is 2.50. The van der Waals surface area contributed by atoms with Crippen LogP contribution in [0.4, 0.5) is 18.9 Å². The molecule has 0 atom stereocenters. The van der Waals surface area contributed by atoms with Crippen LogP contribution in [0.5, 0.6) is 0 Å². The molecule has 0 aromatic heterocycles. The molecule has 0 saturated carbocycles. The average molecular weight is 235 g/mol. The summed E-state index contributed by atoms with van der Waals surface area (Å²) < 4.78 is 36.7. The molecular formula is C7H5BF3NO4. The number of halogens is 3. The predicted octanol–water partition coefficient (Wildman–Crippen LogP) is 0.293. The molecule has 2 N–H and O–H groups in total. The Labute approximate surface area is 87.4 Å². The highest BCUT2D eigenvalue weighted by Gasteiger charge is 2.34. The van der Waals surface area contributed by atoms with Gasteiger partial charge in [-0.1, -0.05) is 0 Å². The maximum atomic E-state index is 12.2. The number of benzene rings is 1. The van der Waals surface area contributed by atoms with E-state index in [4.69, 9.17) is 10.0 Å². The maximum absolute atomic E-state index is 12.2. The minimum atomic E-state index is -4.70. The largest absolute Gasteiger partial charge is 0.495 e. The van der Waals surface area contributed by atoms with Crippen LogP contribution in [-0.2, 0) is 6.18 Å². The molecule has 0 fully saturated rings. The first-order valence-electron chi connectivity index (χ1n) is 3.95. The lowest BCUT2D eigenvalue weighted by Gasteiger charge is -2.08. The Hall–Kier alpha value is -1.61. The fourth-order valence-electron chi connectivity index (χ4n) is 1.10. The summed E-state index contributed by atoms with van der Waals surface area (Å²) in [5.74, 6) is 0. The van der Waals surface area contributed by atoms with Crippen molar-refractivity contribution in [3.63, 3.8) is 0 Å². The molecule has 0 radical (unpaired) electrons. The van der Waals surface area contributed by atoms with Crippen LogP contribution < -0.4 is 5.46 Å². The van der Waals surface area contributed by atoms with E-state index in [0.29, 0.717) is 18.2 Å². The van der Waals surface area contributed by atoms with Crippen molar-refractivity contribution in [2.24, 2.45) is 0 Å². The summed E-state index contributed by atoms with van der Waals surface area (Å²) >= 11 is 0. The van der Waals surface area contributed by atoms with Gasteiger partial charge < -0.3 is 10.0 Å². The van der Waals surface area contributed by atoms with E-state index in [1.165, 1.54) is 0 Å². The van der Waals surface area contributed by atoms with E-state index >= 15 is 0 Å². The minimum Gasteiger partial charge on any atom is -0.423 e. The molecule has 0 aliphatic rings. The second-order valence-corrected chi connectivity index (χ2v) is 2.90. The summed E-state index contributed by atoms with van der Waals surface area (Å²) in [6, 6.07) is 1.42. The van der Waals surface area contributed by atoms with Crippen LogP contribution in [0.2, 0.25) is 0 Å². The van der Waals surface area contributed by atoms with Crippen molar-refractivity contribution in [2.45, 2.75) is 6.18 Å². The average Bonchev–Trinajstić information content (AvgIpc) is 2.15. The molecule has 0 aliphatic heterocycles. The van der Waals surface area contributed by atoms with E-state index in [0.717, 1.165) is 0 Å². The Morgan fingerprint density at radius 3 is 2.25 bits per heavy atom. The Bertz CT molecular complexity index is 421. The number of alkyl halides is 3. The molecule has 86 valence electrons. The number of hydrogen-bond acceptors (Lipinski definition) is 4. The lowest BCUT2D eigenvalue weighted by Crippen LogP contribution is -2.33. The molecular weight excluding hydrogens is 230 g/mol. The van der Waals surface area contributed by atoms with E-state index in [1.54, 1.807) is 0 Å². The van der Waals surface area contributed by atoms with Crippen molar-refractivity contribution in [2.75, 3.05) is 0 Å². The molecule has 9 heteroatoms. The molecule has 1 aromatic rings. The Balaban J connectivity index is 3.34. The normalized spacial score (nSPS) is 11.3. The zero-order valence-electron chi connectivity index (χ0n) is 7.60. The molecule has 0 unspecified atom stereocenters. The molecule has 0 bridgehead atoms. The first kappa shape index (κ1) is 12.5. The van der Waals surface area contributed by atoms with E-state index < -0.39 is 34.9 Å². The van der Waals surface area contributed by atoms with Gasteiger partial charge in [0.2, 0.25) is 0 Å². The molecule has 5 nitrogen and oxygen atoms in total. The van der Waals surface area contributed by atoms with Gasteiger partial charge in [-0.25, -0.2) is 0 Å². The van der Waals surface area contributed by atoms with Crippen LogP contribution in [-0.4, -0.2) is 22.1 Å². The van der Waals surface area contributed by atoms with E-state index in [2.05, 4.69) is 0 Å². The van der Waals surface area contributed by atoms with Gasteiger partial charge in [-0.2, -0.15) is 13.2 Å². The van der Waals surface area contributed by atoms with Crippen molar-refractivity contribution in [1.82, 2.24) is 0 Å². The highest BCUT2D eigenvalue weighted by atomic mass is 19.4. The molecule has 1 aromatic carbocycles. The Morgan fingerprint density at radius 2 is 1.88 bits per heavy atom. The first-order valence-corrected chi connectivity index (χ1v) is 3.95. The molecule has 0 heterocycles. The van der Waals surface area contributed by atoms with E-state index in [1.807, 2.05) is 0 Å². The van der Waals surface area contributed by atoms with Gasteiger partial charge in [0.25, 0.3) is 5.69 Å². The molecule has 0 aliphatic carbocycles. The van der Waals surface area contributed by atoms with Gasteiger partial charge in [0.15, 0.2) is 0 Å². The fraction of sp³-hybridized carbons (Fsp3) is 0.143. The van der Waals surface area contributed by atoms with Gasteiger partial charge in [0.1, 0.15) is 0 Å². The summed E-state index contributed by atoms with van der Waals surface area (Å²) in [6.45, 7) is 0. The Morgan fingerprint density at radius 1 is 1.31 bits per heavy atom. The van der Waals surface area contributed by atoms with E-state index in [9.17, 15) is 23.3 Å². The summed E-state index contributed by atoms with van der Waals surface area (Å²) in [4.78, 5) is 9.40. The van der Waals surface area contributed by atoms with Crippen molar-refractivity contribution >= 4 is 18.3 Å². The van der Waals surface area contributed by atoms with Gasteiger partial charge in [0.05, 0.1) is 15.9 Å². The van der Waals surface area contributed by atoms with Crippen molar-refractivity contribution in [3.05, 3.63) is 33.9 Å². The summed E-state index contributed by atoms with van der Waals surface area (Å²) in [5.41, 5.74) is -2.75. The van der Waals surface area contributed by atoms with Gasteiger partial charge in [0, 0.05) is 6.07 Å². The highest BCUT2D eigenvalue weighted by Crippen LogP contribution is 2.29. The number of nitro groups is 1. The lowest BCUT2D eigenvalue weighted by molar-refractivity contribution is -0.383. The smallest absolute Gasteiger partial charge is 0.423 e. The summed E-state index contributed by atoms with van der Waals surface area (Å²) in [5, 5.41) is 27.8. The van der Waals surface area contributed by atoms with Crippen LogP contribution in [0.15, 0.2) is 18.2 Å². The molecule has 16 heavy (non-hydrogen) atoms. The van der Waals surface area contributed by atoms with Gasteiger partial charge in [-0.15, -0.1) is 0 Å². The predicted molar refractivity (Wildman–Crippen MR) is 47.9 cm³/mol. The quantitative estimate of drug-likeness (QED) is 0.438. The SMILES string of the molecule is O=[N+]([O-])c1ccc(C(F)(F)F)cc1B(O)O. The second-order valence-electron chi connectivity index (χ2n) is 2.90. The highest BCUT2D eigenvalue weighted by molar-refractivity contribution is 6.60. The zero-order valence-corrected chi connectivity index (χ0v) is 7.60. The monoisotopic (exact) mass is 235 g/mol. The number of rotatable bonds is 2. The van der Waals surface area contributed by atoms with Crippen molar-refractivity contribution in [3.8, 4) is 0 Å². The van der Waals surface area contributed by atoms with Crippen molar-refractivity contribution < 1.29 is 28.1 Å². The van der Waals surface area contributed by atoms with Crippen molar-refractivity contribution in [1.29, 1.82) is 0 Å². The number of hydrogen-bond donors (Lipinski definition) is 2. The van der Waals surface area contributed by atoms with Crippen LogP contribution in [0.25, 0.3) is 0 Å². The minimum absolute atomic E-state index is 0.336. The molecule has 1 rings (SSSR count). The standard InChI is InChI=1S/C7H5BF3NO4/c9-7(10,11)4-1-2-6(12(15)16)5(3-4)8(13)14/h1-3,13-14H. The molecule has 0 saturated heterocycles. The van der Waals surface area contributed by atoms with Crippen LogP contribution >= 0.6 is 0 Å². The third-order valence-electron chi connectivity index (χ3n) is 1.83. The van der Waals surface area contributed by atoms with E-state index in [-0.39, 0.29) is 0 Å². The van der Waals surface area contributed by atoms with Gasteiger partial charge in [-0.05, 0) is 12.1 Å². The topological polar surface area (TPSA) is 83.6 Å². The van der Waals surface area contributed by atoms with Gasteiger partial charge >= 0.3 is 13.3 Å². The molecule has 0 amide bonds. The number of nitro benzene ring substituents is 1. The lowest BCUT2D eigenvalue weighted by atomic mass is 9.78. The fourth-order valence-corrected chi connectivity index (χ4v) is 1.10.